The van der Waals surface area contributed by atoms with E-state index in [9.17, 15) is 15.0 Å². The third-order valence-electron chi connectivity index (χ3n) is 3.04. The molecule has 2 rings (SSSR count). The summed E-state index contributed by atoms with van der Waals surface area (Å²) >= 11 is 0. The first-order chi connectivity index (χ1) is 9.01. The van der Waals surface area contributed by atoms with Crippen LogP contribution in [0.15, 0.2) is 18.2 Å². The van der Waals surface area contributed by atoms with Crippen molar-refractivity contribution in [3.05, 3.63) is 23.8 Å². The van der Waals surface area contributed by atoms with E-state index in [1.807, 2.05) is 6.92 Å². The molecule has 0 aromatic heterocycles. The van der Waals surface area contributed by atoms with Crippen LogP contribution in [-0.2, 0) is 4.74 Å². The van der Waals surface area contributed by atoms with E-state index in [0.717, 1.165) is 0 Å². The Morgan fingerprint density at radius 1 is 1.37 bits per heavy atom. The first-order valence-corrected chi connectivity index (χ1v) is 6.09. The third-order valence-corrected chi connectivity index (χ3v) is 3.04. The fraction of sp³-hybridized carbons (Fsp3) is 0.462. The molecule has 6 heteroatoms. The number of nitrogens with zero attached hydrogens (tertiary/aromatic N) is 1. The molecule has 104 valence electrons. The van der Waals surface area contributed by atoms with Crippen LogP contribution in [0.2, 0.25) is 0 Å². The first-order valence-electron chi connectivity index (χ1n) is 6.09. The van der Waals surface area contributed by atoms with E-state index < -0.39 is 6.10 Å². The molecule has 0 radical (unpaired) electrons. The van der Waals surface area contributed by atoms with Crippen molar-refractivity contribution in [1.29, 1.82) is 0 Å². The van der Waals surface area contributed by atoms with Crippen molar-refractivity contribution in [2.45, 2.75) is 19.1 Å². The largest absolute Gasteiger partial charge is 0.504 e. The van der Waals surface area contributed by atoms with E-state index in [0.29, 0.717) is 18.7 Å². The van der Waals surface area contributed by atoms with Crippen LogP contribution in [0, 0.1) is 0 Å². The van der Waals surface area contributed by atoms with Crippen molar-refractivity contribution in [2.75, 3.05) is 19.7 Å². The molecule has 3 N–H and O–H groups in total. The minimum atomic E-state index is -0.390. The minimum Gasteiger partial charge on any atom is -0.504 e. The molecule has 1 heterocycles. The Kier molecular flexibility index (Phi) is 3.92. The van der Waals surface area contributed by atoms with E-state index in [4.69, 9.17) is 9.84 Å². The molecule has 0 bridgehead atoms. The minimum absolute atomic E-state index is 0.144. The van der Waals surface area contributed by atoms with Gasteiger partial charge in [0.1, 0.15) is 0 Å². The SMILES string of the molecule is CC1CN(C(=O)c2ccc(O)c(O)c2)CC(CO)O1. The van der Waals surface area contributed by atoms with Gasteiger partial charge in [-0.15, -0.1) is 0 Å². The molecule has 1 aromatic rings. The molecule has 1 aliphatic heterocycles. The van der Waals surface area contributed by atoms with Gasteiger partial charge in [0, 0.05) is 18.7 Å². The molecule has 6 nitrogen and oxygen atoms in total. The number of amides is 1. The number of rotatable bonds is 2. The Labute approximate surface area is 110 Å². The second kappa shape index (κ2) is 5.46. The van der Waals surface area contributed by atoms with E-state index in [1.54, 1.807) is 4.90 Å². The Balaban J connectivity index is 2.16. The third kappa shape index (κ3) is 2.97. The number of aliphatic hydroxyl groups excluding tert-OH is 1. The average molecular weight is 267 g/mol. The maximum Gasteiger partial charge on any atom is 0.254 e. The molecule has 1 fully saturated rings. The fourth-order valence-corrected chi connectivity index (χ4v) is 2.15. The zero-order valence-corrected chi connectivity index (χ0v) is 10.6. The molecule has 1 amide bonds. The van der Waals surface area contributed by atoms with Gasteiger partial charge in [0.05, 0.1) is 18.8 Å². The number of phenols is 2. The number of aliphatic hydroxyl groups is 1. The van der Waals surface area contributed by atoms with Gasteiger partial charge in [-0.25, -0.2) is 0 Å². The highest BCUT2D eigenvalue weighted by atomic mass is 16.5. The van der Waals surface area contributed by atoms with Crippen molar-refractivity contribution < 1.29 is 24.9 Å². The number of carbonyl (C=O) groups excluding carboxylic acids is 1. The number of morpholine rings is 1. The Bertz CT molecular complexity index is 476. The second-order valence-electron chi connectivity index (χ2n) is 4.66. The monoisotopic (exact) mass is 267 g/mol. The van der Waals surface area contributed by atoms with Gasteiger partial charge < -0.3 is 25.0 Å². The second-order valence-corrected chi connectivity index (χ2v) is 4.66. The quantitative estimate of drug-likeness (QED) is 0.671. The van der Waals surface area contributed by atoms with Gasteiger partial charge in [-0.05, 0) is 25.1 Å². The van der Waals surface area contributed by atoms with Crippen LogP contribution in [0.4, 0.5) is 0 Å². The lowest BCUT2D eigenvalue weighted by atomic mass is 10.1. The van der Waals surface area contributed by atoms with Gasteiger partial charge in [-0.3, -0.25) is 4.79 Å². The molecule has 1 aromatic carbocycles. The molecule has 0 spiro atoms. The van der Waals surface area contributed by atoms with Crippen molar-refractivity contribution in [3.63, 3.8) is 0 Å². The van der Waals surface area contributed by atoms with Gasteiger partial charge in [-0.1, -0.05) is 0 Å². The fourth-order valence-electron chi connectivity index (χ4n) is 2.15. The summed E-state index contributed by atoms with van der Waals surface area (Å²) in [6, 6.07) is 3.95. The topological polar surface area (TPSA) is 90.2 Å². The van der Waals surface area contributed by atoms with Crippen LogP contribution in [0.1, 0.15) is 17.3 Å². The summed E-state index contributed by atoms with van der Waals surface area (Å²) in [5.74, 6) is -0.852. The molecule has 1 saturated heterocycles. The highest BCUT2D eigenvalue weighted by molar-refractivity contribution is 5.95. The van der Waals surface area contributed by atoms with Crippen LogP contribution in [0.5, 0.6) is 11.5 Å². The number of phenolic OH excluding ortho intramolecular Hbond substituents is 2. The van der Waals surface area contributed by atoms with E-state index in [-0.39, 0.29) is 30.1 Å². The van der Waals surface area contributed by atoms with E-state index in [2.05, 4.69) is 0 Å². The highest BCUT2D eigenvalue weighted by Crippen LogP contribution is 2.26. The zero-order valence-electron chi connectivity index (χ0n) is 10.6. The van der Waals surface area contributed by atoms with Crippen LogP contribution >= 0.6 is 0 Å². The predicted molar refractivity (Wildman–Crippen MR) is 67.1 cm³/mol. The first kappa shape index (κ1) is 13.6. The predicted octanol–water partition coefficient (Wildman–Crippen LogP) is 0.320. The van der Waals surface area contributed by atoms with E-state index >= 15 is 0 Å². The molecule has 19 heavy (non-hydrogen) atoms. The number of hydrogen-bond donors (Lipinski definition) is 3. The Morgan fingerprint density at radius 3 is 2.74 bits per heavy atom. The summed E-state index contributed by atoms with van der Waals surface area (Å²) in [6.07, 6.45) is -0.543. The lowest BCUT2D eigenvalue weighted by Gasteiger charge is -2.36. The summed E-state index contributed by atoms with van der Waals surface area (Å²) in [5, 5.41) is 27.8. The van der Waals surface area contributed by atoms with Gasteiger partial charge in [-0.2, -0.15) is 0 Å². The maximum absolute atomic E-state index is 12.3. The Morgan fingerprint density at radius 2 is 2.11 bits per heavy atom. The van der Waals surface area contributed by atoms with E-state index in [1.165, 1.54) is 18.2 Å². The van der Waals surface area contributed by atoms with Gasteiger partial charge in [0.25, 0.3) is 5.91 Å². The van der Waals surface area contributed by atoms with Gasteiger partial charge in [0.2, 0.25) is 0 Å². The smallest absolute Gasteiger partial charge is 0.254 e. The Hall–Kier alpha value is -1.79. The number of ether oxygens (including phenoxy) is 1. The summed E-state index contributed by atoms with van der Waals surface area (Å²) in [7, 11) is 0. The summed E-state index contributed by atoms with van der Waals surface area (Å²) in [6.45, 7) is 2.42. The summed E-state index contributed by atoms with van der Waals surface area (Å²) in [4.78, 5) is 13.8. The standard InChI is InChI=1S/C13H17NO5/c1-8-5-14(6-10(7-15)19-8)13(18)9-2-3-11(16)12(17)4-9/h2-4,8,10,15-17H,5-7H2,1H3. The number of carbonyl (C=O) groups is 1. The molecule has 0 aliphatic carbocycles. The van der Waals surface area contributed by atoms with Gasteiger partial charge in [0.15, 0.2) is 11.5 Å². The summed E-state index contributed by atoms with van der Waals surface area (Å²) in [5.41, 5.74) is 0.293. The molecule has 0 saturated carbocycles. The van der Waals surface area contributed by atoms with Crippen LogP contribution in [-0.4, -0.2) is 58.0 Å². The van der Waals surface area contributed by atoms with Crippen molar-refractivity contribution >= 4 is 5.91 Å². The number of benzene rings is 1. The molecular formula is C13H17NO5. The number of hydrogen-bond acceptors (Lipinski definition) is 5. The molecule has 2 unspecified atom stereocenters. The number of aromatic hydroxyl groups is 2. The molecule has 1 aliphatic rings. The zero-order chi connectivity index (χ0) is 14.0. The maximum atomic E-state index is 12.3. The molecule has 2 atom stereocenters. The average Bonchev–Trinajstić information content (AvgIpc) is 2.40. The lowest BCUT2D eigenvalue weighted by molar-refractivity contribution is -0.0858. The molecular weight excluding hydrogens is 250 g/mol. The van der Waals surface area contributed by atoms with Crippen molar-refractivity contribution in [3.8, 4) is 11.5 Å². The van der Waals surface area contributed by atoms with Crippen LogP contribution in [0.25, 0.3) is 0 Å². The van der Waals surface area contributed by atoms with Gasteiger partial charge >= 0.3 is 0 Å². The van der Waals surface area contributed by atoms with Crippen LogP contribution < -0.4 is 0 Å². The lowest BCUT2D eigenvalue weighted by Crippen LogP contribution is -2.50. The van der Waals surface area contributed by atoms with Crippen molar-refractivity contribution in [1.82, 2.24) is 4.90 Å². The highest BCUT2D eigenvalue weighted by Gasteiger charge is 2.28. The normalized spacial score (nSPS) is 23.4. The summed E-state index contributed by atoms with van der Waals surface area (Å²) < 4.78 is 5.46. The van der Waals surface area contributed by atoms with Crippen LogP contribution in [0.3, 0.4) is 0 Å². The van der Waals surface area contributed by atoms with Crippen molar-refractivity contribution in [2.24, 2.45) is 0 Å².